The molecular weight excluding hydrogens is 278 g/mol. The van der Waals surface area contributed by atoms with Gasteiger partial charge in [0, 0.05) is 12.4 Å². The summed E-state index contributed by atoms with van der Waals surface area (Å²) in [5, 5.41) is 9.21. The maximum absolute atomic E-state index is 12.3. The van der Waals surface area contributed by atoms with Crippen molar-refractivity contribution in [2.24, 2.45) is 0 Å². The highest BCUT2D eigenvalue weighted by Crippen LogP contribution is 2.18. The van der Waals surface area contributed by atoms with E-state index in [9.17, 15) is 13.5 Å². The number of aliphatic hydroxyl groups is 1. The number of hydrogen-bond acceptors (Lipinski definition) is 4. The van der Waals surface area contributed by atoms with Crippen LogP contribution in [0, 0.1) is 6.92 Å². The Bertz CT molecular complexity index is 681. The zero-order chi connectivity index (χ0) is 14.8. The fourth-order valence-electron chi connectivity index (χ4n) is 1.86. The summed E-state index contributed by atoms with van der Waals surface area (Å²) in [6.45, 7) is 3.33. The van der Waals surface area contributed by atoms with Crippen molar-refractivity contribution in [3.63, 3.8) is 0 Å². The zero-order valence-corrected chi connectivity index (χ0v) is 12.1. The number of hydrogen-bond donors (Lipinski definition) is 3. The predicted molar refractivity (Wildman–Crippen MR) is 74.4 cm³/mol. The summed E-state index contributed by atoms with van der Waals surface area (Å²) < 4.78 is 27.1. The topological polar surface area (TPSA) is 95.1 Å². The zero-order valence-electron chi connectivity index (χ0n) is 11.3. The maximum atomic E-state index is 12.3. The number of aliphatic hydroxyl groups excluding tert-OH is 1. The van der Waals surface area contributed by atoms with Gasteiger partial charge in [0.25, 0.3) is 0 Å². The molecule has 0 fully saturated rings. The summed E-state index contributed by atoms with van der Waals surface area (Å²) in [6, 6.07) is 4.21. The molecule has 3 N–H and O–H groups in total. The molecule has 2 rings (SSSR count). The molecule has 0 aliphatic rings. The van der Waals surface area contributed by atoms with Crippen LogP contribution in [0.1, 0.15) is 29.9 Å². The van der Waals surface area contributed by atoms with E-state index >= 15 is 0 Å². The first-order chi connectivity index (χ1) is 9.44. The van der Waals surface area contributed by atoms with Crippen LogP contribution in [0.2, 0.25) is 0 Å². The third-order valence-corrected chi connectivity index (χ3v) is 4.60. The third-order valence-electron chi connectivity index (χ3n) is 3.06. The first-order valence-corrected chi connectivity index (χ1v) is 7.64. The lowest BCUT2D eigenvalue weighted by Gasteiger charge is -2.13. The van der Waals surface area contributed by atoms with Crippen molar-refractivity contribution < 1.29 is 13.5 Å². The van der Waals surface area contributed by atoms with Gasteiger partial charge in [-0.1, -0.05) is 6.07 Å². The van der Waals surface area contributed by atoms with E-state index in [1.165, 1.54) is 12.1 Å². The highest BCUT2D eigenvalue weighted by atomic mass is 32.2. The lowest BCUT2D eigenvalue weighted by Crippen LogP contribution is -2.27. The third kappa shape index (κ3) is 3.06. The van der Waals surface area contributed by atoms with Crippen molar-refractivity contribution in [3.8, 4) is 0 Å². The van der Waals surface area contributed by atoms with Gasteiger partial charge in [0.15, 0.2) is 0 Å². The second-order valence-corrected chi connectivity index (χ2v) is 6.28. The molecule has 1 unspecified atom stereocenters. The molecule has 0 aliphatic heterocycles. The molecule has 6 nitrogen and oxygen atoms in total. The Labute approximate surface area is 117 Å². The monoisotopic (exact) mass is 295 g/mol. The van der Waals surface area contributed by atoms with Crippen LogP contribution in [0.3, 0.4) is 0 Å². The molecule has 0 saturated carbocycles. The van der Waals surface area contributed by atoms with Gasteiger partial charge in [-0.15, -0.1) is 0 Å². The Morgan fingerprint density at radius 1 is 1.45 bits per heavy atom. The molecule has 0 aliphatic carbocycles. The van der Waals surface area contributed by atoms with Crippen LogP contribution in [-0.2, 0) is 16.6 Å². The van der Waals surface area contributed by atoms with E-state index in [-0.39, 0.29) is 11.5 Å². The normalized spacial score (nSPS) is 13.3. The molecule has 20 heavy (non-hydrogen) atoms. The van der Waals surface area contributed by atoms with E-state index < -0.39 is 16.1 Å². The number of benzene rings is 1. The molecule has 1 aromatic heterocycles. The second-order valence-electron chi connectivity index (χ2n) is 4.56. The molecule has 108 valence electrons. The first-order valence-electron chi connectivity index (χ1n) is 6.16. The van der Waals surface area contributed by atoms with E-state index in [4.69, 9.17) is 0 Å². The maximum Gasteiger partial charge on any atom is 0.241 e. The highest BCUT2D eigenvalue weighted by Gasteiger charge is 2.20. The van der Waals surface area contributed by atoms with Crippen LogP contribution in [-0.4, -0.2) is 23.5 Å². The van der Waals surface area contributed by atoms with Crippen LogP contribution in [0.5, 0.6) is 0 Å². The minimum absolute atomic E-state index is 0.130. The lowest BCUT2D eigenvalue weighted by molar-refractivity contribution is 0.280. The van der Waals surface area contributed by atoms with Crippen molar-refractivity contribution in [1.82, 2.24) is 14.7 Å². The Balaban J connectivity index is 2.26. The van der Waals surface area contributed by atoms with Gasteiger partial charge in [0.2, 0.25) is 10.0 Å². The standard InChI is InChI=1S/C13H17N3O3S/c1-9-3-4-12(7-11(9)8-17)20(18,19)16-10(2)13-14-5-6-15-13/h3-7,10,16-17H,8H2,1-2H3,(H,14,15). The number of H-pyrrole nitrogens is 1. The highest BCUT2D eigenvalue weighted by molar-refractivity contribution is 7.89. The molecule has 0 saturated heterocycles. The van der Waals surface area contributed by atoms with E-state index in [0.29, 0.717) is 11.4 Å². The Kier molecular flexibility index (Phi) is 4.22. The van der Waals surface area contributed by atoms with E-state index in [2.05, 4.69) is 14.7 Å². The Morgan fingerprint density at radius 3 is 2.80 bits per heavy atom. The molecular formula is C13H17N3O3S. The number of nitrogens with zero attached hydrogens (tertiary/aromatic N) is 1. The fraction of sp³-hybridized carbons (Fsp3) is 0.308. The van der Waals surface area contributed by atoms with Gasteiger partial charge in [-0.3, -0.25) is 0 Å². The molecule has 1 atom stereocenters. The summed E-state index contributed by atoms with van der Waals surface area (Å²) in [6.07, 6.45) is 3.20. The van der Waals surface area contributed by atoms with Crippen LogP contribution in [0.15, 0.2) is 35.5 Å². The quantitative estimate of drug-likeness (QED) is 0.773. The van der Waals surface area contributed by atoms with Crippen molar-refractivity contribution in [2.75, 3.05) is 0 Å². The second kappa shape index (κ2) is 5.74. The summed E-state index contributed by atoms with van der Waals surface area (Å²) in [7, 11) is -3.66. The van der Waals surface area contributed by atoms with E-state index in [1.54, 1.807) is 25.4 Å². The molecule has 2 aromatic rings. The number of aromatic nitrogens is 2. The van der Waals surface area contributed by atoms with Crippen molar-refractivity contribution in [3.05, 3.63) is 47.5 Å². The number of aryl methyl sites for hydroxylation is 1. The minimum Gasteiger partial charge on any atom is -0.392 e. The average Bonchev–Trinajstić information content (AvgIpc) is 2.92. The Hall–Kier alpha value is -1.70. The number of aromatic amines is 1. The lowest BCUT2D eigenvalue weighted by atomic mass is 10.1. The van der Waals surface area contributed by atoms with Gasteiger partial charge in [0.05, 0.1) is 17.5 Å². The SMILES string of the molecule is Cc1ccc(S(=O)(=O)NC(C)c2ncc[nH]2)cc1CO. The number of nitrogens with one attached hydrogen (secondary N) is 2. The Morgan fingerprint density at radius 2 is 2.20 bits per heavy atom. The number of sulfonamides is 1. The number of imidazole rings is 1. The van der Waals surface area contributed by atoms with Crippen LogP contribution >= 0.6 is 0 Å². The molecule has 0 bridgehead atoms. The van der Waals surface area contributed by atoms with Crippen LogP contribution in [0.25, 0.3) is 0 Å². The van der Waals surface area contributed by atoms with Crippen molar-refractivity contribution in [2.45, 2.75) is 31.4 Å². The molecule has 7 heteroatoms. The first kappa shape index (κ1) is 14.7. The molecule has 1 aromatic carbocycles. The number of rotatable bonds is 5. The van der Waals surface area contributed by atoms with Gasteiger partial charge in [-0.2, -0.15) is 0 Å². The van der Waals surface area contributed by atoms with Gasteiger partial charge in [0.1, 0.15) is 5.82 Å². The van der Waals surface area contributed by atoms with Gasteiger partial charge in [-0.25, -0.2) is 18.1 Å². The van der Waals surface area contributed by atoms with Gasteiger partial charge in [-0.05, 0) is 37.1 Å². The van der Waals surface area contributed by atoms with Crippen LogP contribution in [0.4, 0.5) is 0 Å². The minimum atomic E-state index is -3.66. The van der Waals surface area contributed by atoms with Gasteiger partial charge < -0.3 is 10.1 Å². The molecule has 0 radical (unpaired) electrons. The molecule has 1 heterocycles. The largest absolute Gasteiger partial charge is 0.392 e. The summed E-state index contributed by atoms with van der Waals surface area (Å²) in [5.41, 5.74) is 1.45. The summed E-state index contributed by atoms with van der Waals surface area (Å²) in [5.74, 6) is 0.545. The van der Waals surface area contributed by atoms with Gasteiger partial charge >= 0.3 is 0 Å². The van der Waals surface area contributed by atoms with E-state index in [1.807, 2.05) is 6.92 Å². The average molecular weight is 295 g/mol. The van der Waals surface area contributed by atoms with Crippen molar-refractivity contribution in [1.29, 1.82) is 0 Å². The predicted octanol–water partition coefficient (Wildman–Crippen LogP) is 1.25. The van der Waals surface area contributed by atoms with E-state index in [0.717, 1.165) is 5.56 Å². The smallest absolute Gasteiger partial charge is 0.241 e. The van der Waals surface area contributed by atoms with Crippen LogP contribution < -0.4 is 4.72 Å². The summed E-state index contributed by atoms with van der Waals surface area (Å²) in [4.78, 5) is 7.01. The molecule has 0 amide bonds. The fourth-order valence-corrected chi connectivity index (χ4v) is 3.11. The van der Waals surface area contributed by atoms with Crippen molar-refractivity contribution >= 4 is 10.0 Å². The summed E-state index contributed by atoms with van der Waals surface area (Å²) >= 11 is 0. The molecule has 0 spiro atoms.